The van der Waals surface area contributed by atoms with Crippen LogP contribution in [0, 0.1) is 0 Å². The summed E-state index contributed by atoms with van der Waals surface area (Å²) in [7, 11) is 1.59. The third-order valence-corrected chi connectivity index (χ3v) is 5.11. The van der Waals surface area contributed by atoms with Crippen LogP contribution in [0.3, 0.4) is 0 Å². The molecule has 1 rings (SSSR count). The molecular formula is C13H17HgO6. The van der Waals surface area contributed by atoms with Crippen molar-refractivity contribution < 1.29 is 55.8 Å². The Labute approximate surface area is 133 Å². The molecule has 0 saturated carbocycles. The van der Waals surface area contributed by atoms with Gasteiger partial charge in [-0.25, -0.2) is 0 Å². The molecule has 0 radical (unpaired) electrons. The molecule has 0 fully saturated rings. The van der Waals surface area contributed by atoms with Crippen LogP contribution in [0.1, 0.15) is 16.8 Å². The number of benzene rings is 1. The summed E-state index contributed by atoms with van der Waals surface area (Å²) in [6.07, 6.45) is 0.247. The topological polar surface area (TPSA) is 104 Å². The number of ether oxygens (including phenoxy) is 2. The Morgan fingerprint density at radius 2 is 2.00 bits per heavy atom. The molecule has 20 heavy (non-hydrogen) atoms. The van der Waals surface area contributed by atoms with Crippen molar-refractivity contribution in [2.75, 3.05) is 13.7 Å². The number of ketones is 1. The summed E-state index contributed by atoms with van der Waals surface area (Å²) in [4.78, 5) is 22.7. The van der Waals surface area contributed by atoms with Gasteiger partial charge in [0, 0.05) is 0 Å². The molecule has 0 spiro atoms. The van der Waals surface area contributed by atoms with E-state index in [1.165, 1.54) is 0 Å². The Morgan fingerprint density at radius 1 is 1.35 bits per heavy atom. The summed E-state index contributed by atoms with van der Waals surface area (Å²) in [6.45, 7) is -0.457. The maximum absolute atomic E-state index is 12.2. The molecule has 3 N–H and O–H groups in total. The fourth-order valence-electron chi connectivity index (χ4n) is 1.58. The van der Waals surface area contributed by atoms with Gasteiger partial charge < -0.3 is 5.48 Å². The van der Waals surface area contributed by atoms with E-state index >= 15 is 0 Å². The first-order valence-electron chi connectivity index (χ1n) is 5.87. The third-order valence-electron chi connectivity index (χ3n) is 2.61. The maximum Gasteiger partial charge on any atom is -0.412 e. The van der Waals surface area contributed by atoms with Crippen molar-refractivity contribution in [3.05, 3.63) is 29.8 Å². The van der Waals surface area contributed by atoms with Crippen molar-refractivity contribution >= 4 is 11.8 Å². The summed E-state index contributed by atoms with van der Waals surface area (Å²) in [5, 5.41) is 8.60. The number of carbonyl (C=O) groups excluding carboxylic acids is 1. The van der Waals surface area contributed by atoms with Gasteiger partial charge in [-0.2, -0.15) is 0 Å². The summed E-state index contributed by atoms with van der Waals surface area (Å²) < 4.78 is 11.3. The van der Waals surface area contributed by atoms with E-state index in [-0.39, 0.29) is 17.4 Å². The summed E-state index contributed by atoms with van der Waals surface area (Å²) in [6, 6.07) is 6.68. The zero-order valence-corrected chi connectivity index (χ0v) is 16.8. The molecule has 0 aromatic heterocycles. The van der Waals surface area contributed by atoms with Gasteiger partial charge in [-0.1, -0.05) is 0 Å². The number of hydrogen-bond donors (Lipinski definition) is 1. The predicted octanol–water partition coefficient (Wildman–Crippen LogP) is 0.878. The van der Waals surface area contributed by atoms with E-state index in [1.807, 2.05) is 0 Å². The van der Waals surface area contributed by atoms with Crippen LogP contribution in [0.25, 0.3) is 0 Å². The van der Waals surface area contributed by atoms with E-state index in [4.69, 9.17) is 14.6 Å². The van der Waals surface area contributed by atoms with Crippen LogP contribution in [0.2, 0.25) is 3.93 Å². The van der Waals surface area contributed by atoms with Crippen molar-refractivity contribution in [3.8, 4) is 5.75 Å². The molecule has 1 unspecified atom stereocenters. The van der Waals surface area contributed by atoms with Crippen LogP contribution in [0.15, 0.2) is 24.3 Å². The molecule has 0 aliphatic carbocycles. The molecule has 1 aromatic carbocycles. The molecule has 0 bridgehead atoms. The number of para-hydroxylation sites is 1. The number of carboxylic acids is 1. The van der Waals surface area contributed by atoms with Crippen molar-refractivity contribution in [1.29, 1.82) is 0 Å². The second-order valence-electron chi connectivity index (χ2n) is 3.95. The number of methoxy groups -OCH3 is 1. The largest absolute Gasteiger partial charge is 0.412 e. The van der Waals surface area contributed by atoms with Crippen LogP contribution in [0.4, 0.5) is 0 Å². The molecule has 0 heterocycles. The Kier molecular flexibility index (Phi) is 9.36. The van der Waals surface area contributed by atoms with E-state index in [0.717, 1.165) is 3.93 Å². The Hall–Kier alpha value is -0.985. The van der Waals surface area contributed by atoms with Gasteiger partial charge in [0.25, 0.3) is 0 Å². The number of carboxylic acid groups (broad SMARTS) is 1. The first-order chi connectivity index (χ1) is 9.08. The van der Waals surface area contributed by atoms with Gasteiger partial charge in [-0.15, -0.1) is 0 Å². The van der Waals surface area contributed by atoms with Crippen molar-refractivity contribution in [2.45, 2.75) is 16.5 Å². The van der Waals surface area contributed by atoms with Crippen molar-refractivity contribution in [3.63, 3.8) is 0 Å². The second kappa shape index (κ2) is 9.85. The van der Waals surface area contributed by atoms with Crippen LogP contribution in [-0.2, 0) is 35.7 Å². The molecule has 1 aromatic rings. The average Bonchev–Trinajstić information content (AvgIpc) is 2.42. The van der Waals surface area contributed by atoms with Crippen LogP contribution < -0.4 is 4.74 Å². The summed E-state index contributed by atoms with van der Waals surface area (Å²) in [5.74, 6) is -0.847. The van der Waals surface area contributed by atoms with E-state index < -0.39 is 12.6 Å². The van der Waals surface area contributed by atoms with Crippen LogP contribution in [-0.4, -0.2) is 42.2 Å². The zero-order chi connectivity index (χ0) is 14.3. The number of aliphatic carboxylic acids is 1. The molecule has 107 valence electrons. The number of carbonyl (C=O) groups is 2. The average molecular weight is 470 g/mol. The van der Waals surface area contributed by atoms with Gasteiger partial charge in [0.1, 0.15) is 0 Å². The van der Waals surface area contributed by atoms with Crippen molar-refractivity contribution in [1.82, 2.24) is 0 Å². The smallest absolute Gasteiger partial charge is 0.412 e. The minimum Gasteiger partial charge on any atom is -0.412 e. The standard InChI is InChI=1S/C13H15O5.Hg.H2O/c1-9(17-2)7-11(14)10-5-3-4-6-12(10)18-8-13(15)16;;/h3-6,9H,1,7-8H2,2H3,(H,15,16);;1H2. The van der Waals surface area contributed by atoms with Gasteiger partial charge in [-0.05, 0) is 0 Å². The fraction of sp³-hybridized carbons (Fsp3) is 0.385. The zero-order valence-electron chi connectivity index (χ0n) is 11.3. The molecule has 7 heteroatoms. The number of hydrogen-bond acceptors (Lipinski definition) is 4. The minimum absolute atomic E-state index is 0. The minimum atomic E-state index is -1.07. The molecule has 0 aliphatic heterocycles. The second-order valence-corrected chi connectivity index (χ2v) is 6.20. The number of Topliss-reactive ketones (excluding diaryl/α,β-unsaturated/α-hetero) is 1. The third kappa shape index (κ3) is 5.98. The van der Waals surface area contributed by atoms with E-state index in [0.29, 0.717) is 43.9 Å². The Balaban J connectivity index is 0.00000361. The summed E-state index contributed by atoms with van der Waals surface area (Å²) >= 11 is 0.569. The quantitative estimate of drug-likeness (QED) is 0.449. The van der Waals surface area contributed by atoms with Crippen molar-refractivity contribution in [2.24, 2.45) is 0 Å². The van der Waals surface area contributed by atoms with Gasteiger partial charge in [0.2, 0.25) is 0 Å². The fourth-order valence-corrected chi connectivity index (χ4v) is 3.29. The molecule has 0 saturated heterocycles. The molecule has 0 aliphatic rings. The first-order valence-corrected chi connectivity index (χ1v) is 9.76. The first kappa shape index (κ1) is 19.0. The predicted molar refractivity (Wildman–Crippen MR) is 67.7 cm³/mol. The van der Waals surface area contributed by atoms with E-state index in [1.54, 1.807) is 31.4 Å². The summed E-state index contributed by atoms with van der Waals surface area (Å²) in [5.41, 5.74) is 0.410. The van der Waals surface area contributed by atoms with Gasteiger partial charge >= 0.3 is 128 Å². The van der Waals surface area contributed by atoms with Gasteiger partial charge in [0.05, 0.1) is 0 Å². The SMILES string of the molecule is COC([CH2][Hg])CC(=O)c1ccccc1OCC(=O)O.O. The van der Waals surface area contributed by atoms with Crippen LogP contribution in [0.5, 0.6) is 5.75 Å². The normalized spacial score (nSPS) is 11.3. The van der Waals surface area contributed by atoms with Crippen LogP contribution >= 0.6 is 0 Å². The van der Waals surface area contributed by atoms with Gasteiger partial charge in [-0.3, -0.25) is 0 Å². The Morgan fingerprint density at radius 3 is 2.55 bits per heavy atom. The van der Waals surface area contributed by atoms with E-state index in [9.17, 15) is 9.59 Å². The Bertz CT molecular complexity index is 444. The van der Waals surface area contributed by atoms with Gasteiger partial charge in [0.15, 0.2) is 0 Å². The molecule has 6 nitrogen and oxygen atoms in total. The molecule has 0 amide bonds. The molecule has 1 atom stereocenters. The maximum atomic E-state index is 12.2. The molecular weight excluding hydrogens is 453 g/mol. The monoisotopic (exact) mass is 471 g/mol. The van der Waals surface area contributed by atoms with E-state index in [2.05, 4.69) is 0 Å². The number of rotatable bonds is 8.